The summed E-state index contributed by atoms with van der Waals surface area (Å²) in [4.78, 5) is 6.70. The highest BCUT2D eigenvalue weighted by molar-refractivity contribution is 5.79. The molecule has 0 saturated carbocycles. The van der Waals surface area contributed by atoms with Gasteiger partial charge in [-0.1, -0.05) is 42.5 Å². The van der Waals surface area contributed by atoms with Gasteiger partial charge in [0.25, 0.3) is 0 Å². The fraction of sp³-hybridized carbons (Fsp3) is 0.350. The monoisotopic (exact) mass is 325 g/mol. The number of nitrogens with one attached hydrogen (secondary N) is 1. The maximum absolute atomic E-state index is 5.26. The predicted octanol–water partition coefficient (Wildman–Crippen LogP) is 3.34. The lowest BCUT2D eigenvalue weighted by atomic mass is 10.1. The van der Waals surface area contributed by atoms with Gasteiger partial charge in [-0.05, 0) is 36.1 Å². The Labute approximate surface area is 145 Å². The number of benzene rings is 2. The second kappa shape index (κ2) is 9.60. The molecule has 0 amide bonds. The molecule has 0 aromatic heterocycles. The van der Waals surface area contributed by atoms with Crippen LogP contribution in [-0.4, -0.2) is 38.6 Å². The SMILES string of the molecule is COc1cccc(CCCNC(=NCc2ccccc2)N(C)C)c1. The summed E-state index contributed by atoms with van der Waals surface area (Å²) in [6.07, 6.45) is 2.06. The van der Waals surface area contributed by atoms with Crippen LogP contribution in [0.2, 0.25) is 0 Å². The highest BCUT2D eigenvalue weighted by Gasteiger charge is 2.02. The minimum Gasteiger partial charge on any atom is -0.497 e. The molecular formula is C20H27N3O. The van der Waals surface area contributed by atoms with E-state index < -0.39 is 0 Å². The molecule has 0 aliphatic rings. The van der Waals surface area contributed by atoms with Gasteiger partial charge in [-0.2, -0.15) is 0 Å². The topological polar surface area (TPSA) is 36.9 Å². The number of nitrogens with zero attached hydrogens (tertiary/aromatic N) is 2. The average Bonchev–Trinajstić information content (AvgIpc) is 2.61. The highest BCUT2D eigenvalue weighted by Crippen LogP contribution is 2.13. The zero-order valence-electron chi connectivity index (χ0n) is 14.8. The van der Waals surface area contributed by atoms with Crippen LogP contribution in [0.1, 0.15) is 17.5 Å². The Balaban J connectivity index is 1.81. The summed E-state index contributed by atoms with van der Waals surface area (Å²) in [5, 5.41) is 3.43. The van der Waals surface area contributed by atoms with E-state index in [4.69, 9.17) is 4.74 Å². The average molecular weight is 325 g/mol. The van der Waals surface area contributed by atoms with Crippen molar-refractivity contribution < 1.29 is 4.74 Å². The van der Waals surface area contributed by atoms with Crippen molar-refractivity contribution in [2.24, 2.45) is 4.99 Å². The van der Waals surface area contributed by atoms with Crippen molar-refractivity contribution in [3.63, 3.8) is 0 Å². The quantitative estimate of drug-likeness (QED) is 0.482. The Kier molecular flexibility index (Phi) is 7.15. The van der Waals surface area contributed by atoms with Gasteiger partial charge in [0.05, 0.1) is 13.7 Å². The first-order valence-electron chi connectivity index (χ1n) is 8.31. The summed E-state index contributed by atoms with van der Waals surface area (Å²) in [6.45, 7) is 1.58. The molecule has 0 aliphatic heterocycles. The molecule has 0 saturated heterocycles. The number of hydrogen-bond acceptors (Lipinski definition) is 2. The van der Waals surface area contributed by atoms with Gasteiger partial charge in [0, 0.05) is 20.6 Å². The third-order valence-corrected chi connectivity index (χ3v) is 3.74. The Morgan fingerprint density at radius 1 is 1.04 bits per heavy atom. The number of ether oxygens (including phenoxy) is 1. The Bertz CT molecular complexity index is 638. The number of guanidine groups is 1. The summed E-state index contributed by atoms with van der Waals surface area (Å²) < 4.78 is 5.26. The van der Waals surface area contributed by atoms with Crippen LogP contribution in [0.3, 0.4) is 0 Å². The first kappa shape index (κ1) is 17.9. The van der Waals surface area contributed by atoms with Gasteiger partial charge >= 0.3 is 0 Å². The molecule has 0 atom stereocenters. The van der Waals surface area contributed by atoms with Gasteiger partial charge in [-0.15, -0.1) is 0 Å². The van der Waals surface area contributed by atoms with Crippen molar-refractivity contribution in [3.05, 3.63) is 65.7 Å². The zero-order valence-corrected chi connectivity index (χ0v) is 14.8. The van der Waals surface area contributed by atoms with E-state index in [1.807, 2.05) is 49.3 Å². The first-order chi connectivity index (χ1) is 11.7. The number of methoxy groups -OCH3 is 1. The van der Waals surface area contributed by atoms with Crippen molar-refractivity contribution in [3.8, 4) is 5.75 Å². The molecule has 2 aromatic rings. The minimum atomic E-state index is 0.692. The van der Waals surface area contributed by atoms with E-state index in [2.05, 4.69) is 34.6 Å². The normalized spacial score (nSPS) is 11.2. The highest BCUT2D eigenvalue weighted by atomic mass is 16.5. The van der Waals surface area contributed by atoms with Crippen LogP contribution < -0.4 is 10.1 Å². The summed E-state index contributed by atoms with van der Waals surface area (Å²) in [5.74, 6) is 1.84. The molecule has 24 heavy (non-hydrogen) atoms. The number of aliphatic imine (C=N–C) groups is 1. The van der Waals surface area contributed by atoms with Crippen molar-refractivity contribution >= 4 is 5.96 Å². The molecule has 0 unspecified atom stereocenters. The lowest BCUT2D eigenvalue weighted by Gasteiger charge is -2.17. The lowest BCUT2D eigenvalue weighted by Crippen LogP contribution is -2.37. The van der Waals surface area contributed by atoms with Crippen molar-refractivity contribution in [1.82, 2.24) is 10.2 Å². The van der Waals surface area contributed by atoms with E-state index >= 15 is 0 Å². The molecule has 0 fully saturated rings. The summed E-state index contributed by atoms with van der Waals surface area (Å²) in [5.41, 5.74) is 2.51. The molecular weight excluding hydrogens is 298 g/mol. The molecule has 0 spiro atoms. The summed E-state index contributed by atoms with van der Waals surface area (Å²) in [6, 6.07) is 18.5. The molecule has 0 heterocycles. The first-order valence-corrected chi connectivity index (χ1v) is 8.31. The Morgan fingerprint density at radius 3 is 2.50 bits per heavy atom. The fourth-order valence-electron chi connectivity index (χ4n) is 2.43. The van der Waals surface area contributed by atoms with Gasteiger partial charge in [-0.3, -0.25) is 0 Å². The predicted molar refractivity (Wildman–Crippen MR) is 101 cm³/mol. The lowest BCUT2D eigenvalue weighted by molar-refractivity contribution is 0.414. The van der Waals surface area contributed by atoms with Gasteiger partial charge in [-0.25, -0.2) is 4.99 Å². The minimum absolute atomic E-state index is 0.692. The van der Waals surface area contributed by atoms with Gasteiger partial charge in [0.15, 0.2) is 5.96 Å². The van der Waals surface area contributed by atoms with Crippen LogP contribution in [0.4, 0.5) is 0 Å². The van der Waals surface area contributed by atoms with Crippen LogP contribution in [0.5, 0.6) is 5.75 Å². The smallest absolute Gasteiger partial charge is 0.193 e. The van der Waals surface area contributed by atoms with E-state index in [-0.39, 0.29) is 0 Å². The van der Waals surface area contributed by atoms with E-state index in [1.165, 1.54) is 11.1 Å². The van der Waals surface area contributed by atoms with E-state index in [9.17, 15) is 0 Å². The third-order valence-electron chi connectivity index (χ3n) is 3.74. The molecule has 0 radical (unpaired) electrons. The van der Waals surface area contributed by atoms with Crippen LogP contribution in [-0.2, 0) is 13.0 Å². The van der Waals surface area contributed by atoms with E-state index in [0.29, 0.717) is 6.54 Å². The maximum Gasteiger partial charge on any atom is 0.193 e. The number of aryl methyl sites for hydroxylation is 1. The second-order valence-corrected chi connectivity index (χ2v) is 5.90. The van der Waals surface area contributed by atoms with E-state index in [1.54, 1.807) is 7.11 Å². The maximum atomic E-state index is 5.26. The van der Waals surface area contributed by atoms with Crippen LogP contribution >= 0.6 is 0 Å². The fourth-order valence-corrected chi connectivity index (χ4v) is 2.43. The Morgan fingerprint density at radius 2 is 1.79 bits per heavy atom. The third kappa shape index (κ3) is 5.95. The number of rotatable bonds is 7. The van der Waals surface area contributed by atoms with Crippen LogP contribution in [0.25, 0.3) is 0 Å². The molecule has 2 aromatic carbocycles. The molecule has 1 N–H and O–H groups in total. The zero-order chi connectivity index (χ0) is 17.2. The molecule has 0 aliphatic carbocycles. The van der Waals surface area contributed by atoms with Gasteiger partial charge in [0.2, 0.25) is 0 Å². The molecule has 2 rings (SSSR count). The van der Waals surface area contributed by atoms with Crippen molar-refractivity contribution in [2.75, 3.05) is 27.7 Å². The van der Waals surface area contributed by atoms with Crippen molar-refractivity contribution in [1.29, 1.82) is 0 Å². The molecule has 128 valence electrons. The van der Waals surface area contributed by atoms with Crippen LogP contribution in [0.15, 0.2) is 59.6 Å². The standard InChI is InChI=1S/C20H27N3O/c1-23(2)20(22-16-18-9-5-4-6-10-18)21-14-8-12-17-11-7-13-19(15-17)24-3/h4-7,9-11,13,15H,8,12,14,16H2,1-3H3,(H,21,22). The molecule has 0 bridgehead atoms. The Hall–Kier alpha value is -2.49. The van der Waals surface area contributed by atoms with E-state index in [0.717, 1.165) is 31.1 Å². The van der Waals surface area contributed by atoms with Gasteiger partial charge in [0.1, 0.15) is 5.75 Å². The molecule has 4 heteroatoms. The summed E-state index contributed by atoms with van der Waals surface area (Å²) in [7, 11) is 5.73. The second-order valence-electron chi connectivity index (χ2n) is 5.90. The van der Waals surface area contributed by atoms with Crippen molar-refractivity contribution in [2.45, 2.75) is 19.4 Å². The molecule has 4 nitrogen and oxygen atoms in total. The summed E-state index contributed by atoms with van der Waals surface area (Å²) >= 11 is 0. The van der Waals surface area contributed by atoms with Crippen LogP contribution in [0, 0.1) is 0 Å². The largest absolute Gasteiger partial charge is 0.497 e. The van der Waals surface area contributed by atoms with Gasteiger partial charge < -0.3 is 15.0 Å². The number of hydrogen-bond donors (Lipinski definition) is 1.